The van der Waals surface area contributed by atoms with Gasteiger partial charge in [-0.1, -0.05) is 49.1 Å². The summed E-state index contributed by atoms with van der Waals surface area (Å²) in [4.78, 5) is 10.6. The Bertz CT molecular complexity index is 583. The Balaban J connectivity index is 1.92. The van der Waals surface area contributed by atoms with Crippen LogP contribution in [0.1, 0.15) is 16.7 Å². The lowest BCUT2D eigenvalue weighted by atomic mass is 10.1. The van der Waals surface area contributed by atoms with E-state index >= 15 is 0 Å². The van der Waals surface area contributed by atoms with Gasteiger partial charge in [0.15, 0.2) is 0 Å². The highest BCUT2D eigenvalue weighted by Crippen LogP contribution is 2.15. The van der Waals surface area contributed by atoms with Crippen LogP contribution in [0.25, 0.3) is 6.08 Å². The van der Waals surface area contributed by atoms with Gasteiger partial charge in [-0.2, -0.15) is 0 Å². The first-order valence-electron chi connectivity index (χ1n) is 6.32. The monoisotopic (exact) mass is 268 g/mol. The zero-order valence-corrected chi connectivity index (χ0v) is 11.1. The second kappa shape index (κ2) is 6.57. The van der Waals surface area contributed by atoms with Crippen molar-refractivity contribution in [2.24, 2.45) is 0 Å². The third kappa shape index (κ3) is 3.99. The van der Waals surface area contributed by atoms with E-state index in [4.69, 9.17) is 9.84 Å². The predicted octanol–water partition coefficient (Wildman–Crippen LogP) is 3.54. The molecule has 2 aromatic carbocycles. The maximum Gasteiger partial charge on any atom is 0.307 e. The molecule has 0 saturated carbocycles. The maximum absolute atomic E-state index is 10.6. The van der Waals surface area contributed by atoms with Gasteiger partial charge in [0.05, 0.1) is 6.42 Å². The van der Waals surface area contributed by atoms with Crippen molar-refractivity contribution < 1.29 is 14.6 Å². The second-order valence-electron chi connectivity index (χ2n) is 4.45. The topological polar surface area (TPSA) is 46.5 Å². The standard InChI is InChI=1S/C17H16O3/c1-2-13-3-5-15(6-4-13)12-20-16-9-7-14(8-10-16)11-17(18)19/h2-10H,1,11-12H2,(H,18,19). The molecule has 0 bridgehead atoms. The van der Waals surface area contributed by atoms with E-state index in [-0.39, 0.29) is 6.42 Å². The van der Waals surface area contributed by atoms with Gasteiger partial charge in [0.2, 0.25) is 0 Å². The number of benzene rings is 2. The Labute approximate surface area is 118 Å². The molecule has 3 heteroatoms. The lowest BCUT2D eigenvalue weighted by Crippen LogP contribution is -2.00. The number of carboxylic acid groups (broad SMARTS) is 1. The van der Waals surface area contributed by atoms with Gasteiger partial charge in [-0.15, -0.1) is 0 Å². The zero-order chi connectivity index (χ0) is 14.4. The van der Waals surface area contributed by atoms with Crippen molar-refractivity contribution in [2.45, 2.75) is 13.0 Å². The fourth-order valence-electron chi connectivity index (χ4n) is 1.79. The van der Waals surface area contributed by atoms with Crippen molar-refractivity contribution in [3.8, 4) is 5.75 Å². The van der Waals surface area contributed by atoms with Gasteiger partial charge in [-0.05, 0) is 28.8 Å². The van der Waals surface area contributed by atoms with Crippen LogP contribution in [0, 0.1) is 0 Å². The summed E-state index contributed by atoms with van der Waals surface area (Å²) >= 11 is 0. The molecule has 0 aliphatic carbocycles. The number of hydrogen-bond acceptors (Lipinski definition) is 2. The normalized spacial score (nSPS) is 10.0. The van der Waals surface area contributed by atoms with Crippen LogP contribution in [0.4, 0.5) is 0 Å². The third-order valence-corrected chi connectivity index (χ3v) is 2.90. The second-order valence-corrected chi connectivity index (χ2v) is 4.45. The van der Waals surface area contributed by atoms with Crippen LogP contribution in [0.5, 0.6) is 5.75 Å². The Morgan fingerprint density at radius 2 is 1.65 bits per heavy atom. The first-order chi connectivity index (χ1) is 9.67. The maximum atomic E-state index is 10.6. The molecule has 2 rings (SSSR count). The molecule has 20 heavy (non-hydrogen) atoms. The largest absolute Gasteiger partial charge is 0.489 e. The van der Waals surface area contributed by atoms with Gasteiger partial charge in [-0.3, -0.25) is 4.79 Å². The number of carbonyl (C=O) groups is 1. The van der Waals surface area contributed by atoms with Gasteiger partial charge in [0.1, 0.15) is 12.4 Å². The van der Waals surface area contributed by atoms with E-state index in [1.807, 2.05) is 24.3 Å². The van der Waals surface area contributed by atoms with Crippen LogP contribution in [0.2, 0.25) is 0 Å². The first-order valence-corrected chi connectivity index (χ1v) is 6.32. The van der Waals surface area contributed by atoms with Crippen LogP contribution < -0.4 is 4.74 Å². The smallest absolute Gasteiger partial charge is 0.307 e. The summed E-state index contributed by atoms with van der Waals surface area (Å²) in [6, 6.07) is 15.1. The zero-order valence-electron chi connectivity index (χ0n) is 11.1. The van der Waals surface area contributed by atoms with Crippen LogP contribution in [0.15, 0.2) is 55.1 Å². The third-order valence-electron chi connectivity index (χ3n) is 2.90. The van der Waals surface area contributed by atoms with Gasteiger partial charge in [0, 0.05) is 0 Å². The number of carboxylic acids is 1. The molecule has 0 saturated heterocycles. The van der Waals surface area contributed by atoms with Crippen LogP contribution in [0.3, 0.4) is 0 Å². The highest BCUT2D eigenvalue weighted by atomic mass is 16.5. The van der Waals surface area contributed by atoms with Crippen molar-refractivity contribution in [2.75, 3.05) is 0 Å². The minimum Gasteiger partial charge on any atom is -0.489 e. The summed E-state index contributed by atoms with van der Waals surface area (Å²) in [5.74, 6) is -0.104. The molecular weight excluding hydrogens is 252 g/mol. The van der Waals surface area contributed by atoms with E-state index in [9.17, 15) is 4.79 Å². The molecule has 0 aliphatic heterocycles. The SMILES string of the molecule is C=Cc1ccc(COc2ccc(CC(=O)O)cc2)cc1. The van der Waals surface area contributed by atoms with Gasteiger partial charge in [0.25, 0.3) is 0 Å². The number of aliphatic carboxylic acids is 1. The van der Waals surface area contributed by atoms with Crippen LogP contribution in [-0.4, -0.2) is 11.1 Å². The lowest BCUT2D eigenvalue weighted by Gasteiger charge is -2.07. The minimum absolute atomic E-state index is 0.0310. The molecule has 0 amide bonds. The Morgan fingerprint density at radius 1 is 1.05 bits per heavy atom. The summed E-state index contributed by atoms with van der Waals surface area (Å²) in [6.45, 7) is 4.19. The van der Waals surface area contributed by atoms with Gasteiger partial charge in [-0.25, -0.2) is 0 Å². The first kappa shape index (κ1) is 13.9. The summed E-state index contributed by atoms with van der Waals surface area (Å²) in [6.07, 6.45) is 1.83. The summed E-state index contributed by atoms with van der Waals surface area (Å²) in [5.41, 5.74) is 2.91. The molecule has 0 fully saturated rings. The Kier molecular flexibility index (Phi) is 4.56. The average molecular weight is 268 g/mol. The molecule has 0 aromatic heterocycles. The Hall–Kier alpha value is -2.55. The van der Waals surface area contributed by atoms with E-state index in [1.165, 1.54) is 0 Å². The summed E-state index contributed by atoms with van der Waals surface area (Å²) < 4.78 is 5.65. The fourth-order valence-corrected chi connectivity index (χ4v) is 1.79. The molecule has 2 aromatic rings. The van der Waals surface area contributed by atoms with Crippen molar-refractivity contribution in [3.63, 3.8) is 0 Å². The molecule has 3 nitrogen and oxygen atoms in total. The summed E-state index contributed by atoms with van der Waals surface area (Å²) in [7, 11) is 0. The molecule has 0 aliphatic rings. The van der Waals surface area contributed by atoms with E-state index in [1.54, 1.807) is 30.3 Å². The Morgan fingerprint density at radius 3 is 2.20 bits per heavy atom. The van der Waals surface area contributed by atoms with Gasteiger partial charge < -0.3 is 9.84 Å². The predicted molar refractivity (Wildman–Crippen MR) is 78.6 cm³/mol. The van der Waals surface area contributed by atoms with Crippen molar-refractivity contribution in [1.29, 1.82) is 0 Å². The molecule has 0 heterocycles. The number of rotatable bonds is 6. The quantitative estimate of drug-likeness (QED) is 0.871. The van der Waals surface area contributed by atoms with E-state index in [2.05, 4.69) is 6.58 Å². The van der Waals surface area contributed by atoms with Gasteiger partial charge >= 0.3 is 5.97 Å². The fraction of sp³-hybridized carbons (Fsp3) is 0.118. The lowest BCUT2D eigenvalue weighted by molar-refractivity contribution is -0.136. The molecule has 0 radical (unpaired) electrons. The van der Waals surface area contributed by atoms with E-state index in [0.29, 0.717) is 6.61 Å². The van der Waals surface area contributed by atoms with Crippen molar-refractivity contribution >= 4 is 12.0 Å². The number of hydrogen-bond donors (Lipinski definition) is 1. The molecule has 0 unspecified atom stereocenters. The highest BCUT2D eigenvalue weighted by Gasteiger charge is 2.01. The molecule has 0 spiro atoms. The molecule has 102 valence electrons. The number of ether oxygens (including phenoxy) is 1. The van der Waals surface area contributed by atoms with E-state index < -0.39 is 5.97 Å². The molecule has 1 N–H and O–H groups in total. The van der Waals surface area contributed by atoms with Crippen molar-refractivity contribution in [1.82, 2.24) is 0 Å². The average Bonchev–Trinajstić information content (AvgIpc) is 2.46. The molecular formula is C17H16O3. The minimum atomic E-state index is -0.832. The highest BCUT2D eigenvalue weighted by molar-refractivity contribution is 5.70. The van der Waals surface area contributed by atoms with E-state index in [0.717, 1.165) is 22.4 Å². The van der Waals surface area contributed by atoms with Crippen LogP contribution >= 0.6 is 0 Å². The van der Waals surface area contributed by atoms with Crippen LogP contribution in [-0.2, 0) is 17.8 Å². The summed E-state index contributed by atoms with van der Waals surface area (Å²) in [5, 5.41) is 8.69. The molecule has 0 atom stereocenters. The van der Waals surface area contributed by atoms with Crippen molar-refractivity contribution in [3.05, 3.63) is 71.8 Å².